The van der Waals surface area contributed by atoms with Gasteiger partial charge >= 0.3 is 6.18 Å². The van der Waals surface area contributed by atoms with Gasteiger partial charge in [-0.25, -0.2) is 0 Å². The Morgan fingerprint density at radius 1 is 1.33 bits per heavy atom. The molecule has 1 aliphatic rings. The maximum Gasteiger partial charge on any atom is 0.403 e. The molecule has 1 aliphatic heterocycles. The number of hydrogen-bond acceptors (Lipinski definition) is 1. The molecule has 0 spiro atoms. The molecule has 2 atom stereocenters. The van der Waals surface area contributed by atoms with Crippen molar-refractivity contribution < 1.29 is 13.2 Å². The van der Waals surface area contributed by atoms with E-state index in [1.54, 1.807) is 0 Å². The summed E-state index contributed by atoms with van der Waals surface area (Å²) in [4.78, 5) is 0. The average Bonchev–Trinajstić information content (AvgIpc) is 1.86. The van der Waals surface area contributed by atoms with Crippen LogP contribution < -0.4 is 5.32 Å². The molecule has 1 rings (SSSR count). The molecule has 1 saturated heterocycles. The van der Waals surface area contributed by atoms with Crippen molar-refractivity contribution in [3.8, 4) is 0 Å². The fourth-order valence-corrected chi connectivity index (χ4v) is 1.36. The normalized spacial score (nSPS) is 31.0. The standard InChI is InChI=1S/C7H12F3N.ClH/c1-5-2-3-11-6(4-5)7(8,9)10;/h5-6,11H,2-4H2,1H3;1H. The van der Waals surface area contributed by atoms with Gasteiger partial charge < -0.3 is 5.32 Å². The molecule has 74 valence electrons. The quantitative estimate of drug-likeness (QED) is 0.638. The van der Waals surface area contributed by atoms with Crippen LogP contribution in [0.15, 0.2) is 0 Å². The SMILES string of the molecule is CC1CCNC(C(F)(F)F)C1.Cl. The lowest BCUT2D eigenvalue weighted by molar-refractivity contribution is -0.163. The van der Waals surface area contributed by atoms with E-state index in [4.69, 9.17) is 0 Å². The van der Waals surface area contributed by atoms with Crippen molar-refractivity contribution in [1.82, 2.24) is 5.32 Å². The molecule has 5 heteroatoms. The second kappa shape index (κ2) is 4.33. The molecule has 12 heavy (non-hydrogen) atoms. The predicted octanol–water partition coefficient (Wildman–Crippen LogP) is 2.36. The highest BCUT2D eigenvalue weighted by atomic mass is 35.5. The molecule has 1 nitrogen and oxygen atoms in total. The highest BCUT2D eigenvalue weighted by Gasteiger charge is 2.41. The Morgan fingerprint density at radius 3 is 2.25 bits per heavy atom. The zero-order valence-electron chi connectivity index (χ0n) is 6.82. The van der Waals surface area contributed by atoms with E-state index in [2.05, 4.69) is 5.32 Å². The third kappa shape index (κ3) is 3.19. The van der Waals surface area contributed by atoms with E-state index in [1.165, 1.54) is 0 Å². The van der Waals surface area contributed by atoms with E-state index in [9.17, 15) is 13.2 Å². The first-order valence-corrected chi connectivity index (χ1v) is 3.80. The minimum absolute atomic E-state index is 0. The third-order valence-corrected chi connectivity index (χ3v) is 2.06. The van der Waals surface area contributed by atoms with Crippen molar-refractivity contribution in [2.45, 2.75) is 32.0 Å². The van der Waals surface area contributed by atoms with Gasteiger partial charge in [0.2, 0.25) is 0 Å². The molecule has 0 aromatic rings. The summed E-state index contributed by atoms with van der Waals surface area (Å²) in [6, 6.07) is -1.27. The Kier molecular flexibility index (Phi) is 4.34. The lowest BCUT2D eigenvalue weighted by atomic mass is 9.94. The lowest BCUT2D eigenvalue weighted by Crippen LogP contribution is -2.47. The molecular formula is C7H13ClF3N. The van der Waals surface area contributed by atoms with Crippen molar-refractivity contribution in [3.05, 3.63) is 0 Å². The summed E-state index contributed by atoms with van der Waals surface area (Å²) in [5, 5.41) is 2.46. The minimum atomic E-state index is -4.06. The second-order valence-electron chi connectivity index (χ2n) is 3.18. The highest BCUT2D eigenvalue weighted by molar-refractivity contribution is 5.85. The van der Waals surface area contributed by atoms with Crippen molar-refractivity contribution in [1.29, 1.82) is 0 Å². The van der Waals surface area contributed by atoms with Gasteiger partial charge in [0.25, 0.3) is 0 Å². The molecule has 0 saturated carbocycles. The lowest BCUT2D eigenvalue weighted by Gasteiger charge is -2.29. The Bertz CT molecular complexity index is 137. The second-order valence-corrected chi connectivity index (χ2v) is 3.18. The molecule has 2 unspecified atom stereocenters. The summed E-state index contributed by atoms with van der Waals surface area (Å²) >= 11 is 0. The first kappa shape index (κ1) is 12.0. The minimum Gasteiger partial charge on any atom is -0.306 e. The van der Waals surface area contributed by atoms with Gasteiger partial charge in [0.05, 0.1) is 0 Å². The van der Waals surface area contributed by atoms with Crippen LogP contribution in [0.2, 0.25) is 0 Å². The van der Waals surface area contributed by atoms with Crippen LogP contribution in [-0.2, 0) is 0 Å². The predicted molar refractivity (Wildman–Crippen MR) is 43.5 cm³/mol. The summed E-state index contributed by atoms with van der Waals surface area (Å²) in [5.74, 6) is 0.197. The van der Waals surface area contributed by atoms with Gasteiger partial charge in [-0.3, -0.25) is 0 Å². The molecular weight excluding hydrogens is 191 g/mol. The summed E-state index contributed by atoms with van der Waals surface area (Å²) < 4.78 is 36.2. The molecule has 1 fully saturated rings. The molecule has 0 bridgehead atoms. The van der Waals surface area contributed by atoms with Crippen LogP contribution in [0, 0.1) is 5.92 Å². The van der Waals surface area contributed by atoms with Gasteiger partial charge in [-0.15, -0.1) is 12.4 Å². The van der Waals surface area contributed by atoms with E-state index in [-0.39, 0.29) is 24.7 Å². The fourth-order valence-electron chi connectivity index (χ4n) is 1.36. The number of halogens is 4. The number of rotatable bonds is 0. The van der Waals surface area contributed by atoms with E-state index < -0.39 is 12.2 Å². The maximum absolute atomic E-state index is 12.1. The van der Waals surface area contributed by atoms with Gasteiger partial charge in [0.15, 0.2) is 0 Å². The Balaban J connectivity index is 0.00000121. The zero-order valence-corrected chi connectivity index (χ0v) is 7.63. The average molecular weight is 204 g/mol. The third-order valence-electron chi connectivity index (χ3n) is 2.06. The Hall–Kier alpha value is 0.0400. The van der Waals surface area contributed by atoms with Crippen LogP contribution in [0.3, 0.4) is 0 Å². The van der Waals surface area contributed by atoms with Crippen LogP contribution in [0.1, 0.15) is 19.8 Å². The molecule has 0 amide bonds. The largest absolute Gasteiger partial charge is 0.403 e. The van der Waals surface area contributed by atoms with Crippen molar-refractivity contribution in [3.63, 3.8) is 0 Å². The van der Waals surface area contributed by atoms with Crippen LogP contribution in [-0.4, -0.2) is 18.8 Å². The summed E-state index contributed by atoms with van der Waals surface area (Å²) in [7, 11) is 0. The molecule has 1 heterocycles. The Labute approximate surface area is 76.1 Å². The molecule has 0 aliphatic carbocycles. The van der Waals surface area contributed by atoms with Crippen LogP contribution in [0.25, 0.3) is 0 Å². The van der Waals surface area contributed by atoms with Gasteiger partial charge in [-0.2, -0.15) is 13.2 Å². The van der Waals surface area contributed by atoms with E-state index in [0.29, 0.717) is 6.54 Å². The number of piperidine rings is 1. The van der Waals surface area contributed by atoms with Crippen molar-refractivity contribution in [2.24, 2.45) is 5.92 Å². The molecule has 0 aromatic carbocycles. The first-order chi connectivity index (χ1) is 5.00. The van der Waals surface area contributed by atoms with E-state index in [1.807, 2.05) is 6.92 Å². The van der Waals surface area contributed by atoms with Crippen LogP contribution in [0.4, 0.5) is 13.2 Å². The maximum atomic E-state index is 12.1. The van der Waals surface area contributed by atoms with Gasteiger partial charge in [0.1, 0.15) is 6.04 Å². The van der Waals surface area contributed by atoms with Gasteiger partial charge in [-0.05, 0) is 25.3 Å². The fraction of sp³-hybridized carbons (Fsp3) is 1.00. The van der Waals surface area contributed by atoms with E-state index in [0.717, 1.165) is 6.42 Å². The number of alkyl halides is 3. The molecule has 0 aromatic heterocycles. The number of hydrogen-bond donors (Lipinski definition) is 1. The summed E-state index contributed by atoms with van der Waals surface area (Å²) in [6.45, 7) is 2.35. The van der Waals surface area contributed by atoms with Crippen LogP contribution in [0.5, 0.6) is 0 Å². The van der Waals surface area contributed by atoms with Gasteiger partial charge in [0, 0.05) is 0 Å². The summed E-state index contributed by atoms with van der Waals surface area (Å²) in [6.07, 6.45) is -2.98. The summed E-state index contributed by atoms with van der Waals surface area (Å²) in [5.41, 5.74) is 0. The van der Waals surface area contributed by atoms with Crippen molar-refractivity contribution >= 4 is 12.4 Å². The van der Waals surface area contributed by atoms with Gasteiger partial charge in [-0.1, -0.05) is 6.92 Å². The van der Waals surface area contributed by atoms with Crippen LogP contribution >= 0.6 is 12.4 Å². The topological polar surface area (TPSA) is 12.0 Å². The monoisotopic (exact) mass is 203 g/mol. The Morgan fingerprint density at radius 2 is 1.92 bits per heavy atom. The zero-order chi connectivity index (χ0) is 8.48. The highest BCUT2D eigenvalue weighted by Crippen LogP contribution is 2.28. The van der Waals surface area contributed by atoms with E-state index >= 15 is 0 Å². The van der Waals surface area contributed by atoms with Crippen molar-refractivity contribution in [2.75, 3.05) is 6.54 Å². The molecule has 1 N–H and O–H groups in total. The molecule has 0 radical (unpaired) electrons. The first-order valence-electron chi connectivity index (χ1n) is 3.80. The number of nitrogens with one attached hydrogen (secondary N) is 1. The smallest absolute Gasteiger partial charge is 0.306 e.